The molecule has 1 saturated carbocycles. The van der Waals surface area contributed by atoms with Gasteiger partial charge in [0.15, 0.2) is 0 Å². The van der Waals surface area contributed by atoms with Crippen molar-refractivity contribution in [2.24, 2.45) is 0 Å². The van der Waals surface area contributed by atoms with Crippen molar-refractivity contribution in [3.63, 3.8) is 0 Å². The van der Waals surface area contributed by atoms with E-state index in [9.17, 15) is 5.11 Å². The van der Waals surface area contributed by atoms with Crippen molar-refractivity contribution in [3.05, 3.63) is 29.8 Å². The first-order chi connectivity index (χ1) is 6.75. The van der Waals surface area contributed by atoms with E-state index >= 15 is 0 Å². The lowest BCUT2D eigenvalue weighted by molar-refractivity contribution is 0.188. The summed E-state index contributed by atoms with van der Waals surface area (Å²) in [6, 6.07) is 8.55. The summed E-state index contributed by atoms with van der Waals surface area (Å²) in [5.41, 5.74) is 1.29. The second-order valence-corrected chi connectivity index (χ2v) is 5.28. The van der Waals surface area contributed by atoms with Gasteiger partial charge in [0, 0.05) is 10.1 Å². The van der Waals surface area contributed by atoms with Gasteiger partial charge in [-0.05, 0) is 38.3 Å². The molecule has 14 heavy (non-hydrogen) atoms. The molecule has 1 aromatic rings. The van der Waals surface area contributed by atoms with Gasteiger partial charge in [-0.25, -0.2) is 0 Å². The number of hydrogen-bond acceptors (Lipinski definition) is 2. The van der Waals surface area contributed by atoms with Crippen LogP contribution in [0.25, 0.3) is 0 Å². The lowest BCUT2D eigenvalue weighted by Crippen LogP contribution is -2.14. The Balaban J connectivity index is 2.00. The molecule has 1 fully saturated rings. The van der Waals surface area contributed by atoms with Gasteiger partial charge in [-0.3, -0.25) is 0 Å². The molecule has 0 bridgehead atoms. The van der Waals surface area contributed by atoms with Gasteiger partial charge in [0.2, 0.25) is 0 Å². The van der Waals surface area contributed by atoms with E-state index in [0.29, 0.717) is 5.25 Å². The van der Waals surface area contributed by atoms with Crippen LogP contribution in [0, 0.1) is 6.92 Å². The first-order valence-electron chi connectivity index (χ1n) is 5.17. The molecule has 2 rings (SSSR count). The summed E-state index contributed by atoms with van der Waals surface area (Å²) in [6.07, 6.45) is 3.20. The van der Waals surface area contributed by atoms with Crippen molar-refractivity contribution in [1.29, 1.82) is 0 Å². The first kappa shape index (κ1) is 10.1. The van der Waals surface area contributed by atoms with Crippen LogP contribution >= 0.6 is 11.8 Å². The summed E-state index contributed by atoms with van der Waals surface area (Å²) < 4.78 is 0. The summed E-state index contributed by atoms with van der Waals surface area (Å²) >= 11 is 1.82. The third-order valence-corrected chi connectivity index (χ3v) is 4.12. The van der Waals surface area contributed by atoms with Crippen LogP contribution in [0.3, 0.4) is 0 Å². The Labute approximate surface area is 89.5 Å². The normalized spacial score (nSPS) is 26.7. The molecule has 0 heterocycles. The summed E-state index contributed by atoms with van der Waals surface area (Å²) in [6.45, 7) is 2.10. The van der Waals surface area contributed by atoms with E-state index in [1.54, 1.807) is 0 Å². The summed E-state index contributed by atoms with van der Waals surface area (Å²) in [7, 11) is 0. The van der Waals surface area contributed by atoms with E-state index in [-0.39, 0.29) is 6.10 Å². The number of aliphatic hydroxyl groups is 1. The molecular weight excluding hydrogens is 192 g/mol. The van der Waals surface area contributed by atoms with Gasteiger partial charge in [0.05, 0.1) is 6.10 Å². The van der Waals surface area contributed by atoms with Crippen molar-refractivity contribution in [1.82, 2.24) is 0 Å². The average molecular weight is 208 g/mol. The smallest absolute Gasteiger partial charge is 0.0662 e. The van der Waals surface area contributed by atoms with Crippen LogP contribution in [-0.2, 0) is 0 Å². The van der Waals surface area contributed by atoms with Crippen LogP contribution in [0.15, 0.2) is 29.2 Å². The number of rotatable bonds is 2. The minimum Gasteiger partial charge on any atom is -0.392 e. The Bertz CT molecular complexity index is 294. The maximum absolute atomic E-state index is 9.68. The maximum Gasteiger partial charge on any atom is 0.0662 e. The molecular formula is C12H16OS. The Morgan fingerprint density at radius 1 is 1.21 bits per heavy atom. The van der Waals surface area contributed by atoms with Crippen molar-refractivity contribution in [2.75, 3.05) is 0 Å². The zero-order valence-electron chi connectivity index (χ0n) is 8.44. The average Bonchev–Trinajstić information content (AvgIpc) is 2.56. The summed E-state index contributed by atoms with van der Waals surface area (Å²) in [4.78, 5) is 1.28. The molecule has 1 aliphatic carbocycles. The lowest BCUT2D eigenvalue weighted by Gasteiger charge is -2.13. The standard InChI is InChI=1S/C12H16OS/c1-9-5-7-10(8-6-9)14-12-4-2-3-11(12)13/h5-8,11-13H,2-4H2,1H3/t11-,12-/m1/s1. The second-order valence-electron chi connectivity index (χ2n) is 3.97. The summed E-state index contributed by atoms with van der Waals surface area (Å²) in [5, 5.41) is 10.1. The fourth-order valence-corrected chi connectivity index (χ4v) is 3.06. The SMILES string of the molecule is Cc1ccc(S[C@@H]2CCC[C@H]2O)cc1. The highest BCUT2D eigenvalue weighted by Crippen LogP contribution is 2.34. The van der Waals surface area contributed by atoms with Crippen LogP contribution in [0.4, 0.5) is 0 Å². The van der Waals surface area contributed by atoms with Crippen molar-refractivity contribution >= 4 is 11.8 Å². The predicted octanol–water partition coefficient (Wildman–Crippen LogP) is 3.00. The quantitative estimate of drug-likeness (QED) is 0.806. The minimum atomic E-state index is -0.0960. The van der Waals surface area contributed by atoms with Crippen LogP contribution in [0.2, 0.25) is 0 Å². The zero-order chi connectivity index (χ0) is 9.97. The number of hydrogen-bond donors (Lipinski definition) is 1. The molecule has 1 nitrogen and oxygen atoms in total. The first-order valence-corrected chi connectivity index (χ1v) is 6.05. The van der Waals surface area contributed by atoms with E-state index < -0.39 is 0 Å². The molecule has 1 aromatic carbocycles. The molecule has 2 atom stereocenters. The molecule has 0 amide bonds. The number of aliphatic hydroxyl groups excluding tert-OH is 1. The van der Waals surface area contributed by atoms with Crippen molar-refractivity contribution in [3.8, 4) is 0 Å². The van der Waals surface area contributed by atoms with E-state index in [4.69, 9.17) is 0 Å². The molecule has 0 unspecified atom stereocenters. The van der Waals surface area contributed by atoms with Crippen LogP contribution in [0.5, 0.6) is 0 Å². The van der Waals surface area contributed by atoms with Crippen LogP contribution in [-0.4, -0.2) is 16.5 Å². The topological polar surface area (TPSA) is 20.2 Å². The molecule has 1 N–H and O–H groups in total. The number of benzene rings is 1. The second kappa shape index (κ2) is 4.37. The van der Waals surface area contributed by atoms with Crippen molar-refractivity contribution in [2.45, 2.75) is 42.4 Å². The van der Waals surface area contributed by atoms with E-state index in [1.165, 1.54) is 16.9 Å². The fourth-order valence-electron chi connectivity index (χ4n) is 1.84. The Morgan fingerprint density at radius 2 is 1.93 bits per heavy atom. The molecule has 0 spiro atoms. The van der Waals surface area contributed by atoms with Gasteiger partial charge in [-0.1, -0.05) is 17.7 Å². The van der Waals surface area contributed by atoms with Gasteiger partial charge in [0.1, 0.15) is 0 Å². The molecule has 0 aromatic heterocycles. The number of aryl methyl sites for hydroxylation is 1. The molecule has 2 heteroatoms. The highest BCUT2D eigenvalue weighted by Gasteiger charge is 2.25. The van der Waals surface area contributed by atoms with Gasteiger partial charge in [0.25, 0.3) is 0 Å². The highest BCUT2D eigenvalue weighted by molar-refractivity contribution is 8.00. The maximum atomic E-state index is 9.68. The van der Waals surface area contributed by atoms with E-state index in [0.717, 1.165) is 12.8 Å². The third-order valence-electron chi connectivity index (χ3n) is 2.73. The monoisotopic (exact) mass is 208 g/mol. The molecule has 76 valence electrons. The van der Waals surface area contributed by atoms with Gasteiger partial charge < -0.3 is 5.11 Å². The van der Waals surface area contributed by atoms with Crippen LogP contribution in [0.1, 0.15) is 24.8 Å². The lowest BCUT2D eigenvalue weighted by atomic mass is 10.2. The Kier molecular flexibility index (Phi) is 3.14. The Morgan fingerprint density at radius 3 is 2.50 bits per heavy atom. The summed E-state index contributed by atoms with van der Waals surface area (Å²) in [5.74, 6) is 0. The van der Waals surface area contributed by atoms with Crippen molar-refractivity contribution < 1.29 is 5.11 Å². The highest BCUT2D eigenvalue weighted by atomic mass is 32.2. The third kappa shape index (κ3) is 2.31. The largest absolute Gasteiger partial charge is 0.392 e. The molecule has 0 radical (unpaired) electrons. The van der Waals surface area contributed by atoms with Gasteiger partial charge in [-0.2, -0.15) is 0 Å². The van der Waals surface area contributed by atoms with Gasteiger partial charge >= 0.3 is 0 Å². The molecule has 0 saturated heterocycles. The minimum absolute atomic E-state index is 0.0960. The fraction of sp³-hybridized carbons (Fsp3) is 0.500. The zero-order valence-corrected chi connectivity index (χ0v) is 9.26. The van der Waals surface area contributed by atoms with Gasteiger partial charge in [-0.15, -0.1) is 11.8 Å². The van der Waals surface area contributed by atoms with E-state index in [2.05, 4.69) is 31.2 Å². The number of thioether (sulfide) groups is 1. The predicted molar refractivity (Wildman–Crippen MR) is 60.7 cm³/mol. The van der Waals surface area contributed by atoms with E-state index in [1.807, 2.05) is 11.8 Å². The molecule has 1 aliphatic rings. The molecule has 0 aliphatic heterocycles. The Hall–Kier alpha value is -0.470. The van der Waals surface area contributed by atoms with Crippen LogP contribution < -0.4 is 0 Å².